The Kier molecular flexibility index (Phi) is 5.82. The van der Waals surface area contributed by atoms with E-state index in [9.17, 15) is 0 Å². The van der Waals surface area contributed by atoms with E-state index in [0.29, 0.717) is 6.04 Å². The molecule has 0 saturated carbocycles. The molecule has 0 aliphatic rings. The van der Waals surface area contributed by atoms with E-state index >= 15 is 0 Å². The molecule has 2 nitrogen and oxygen atoms in total. The van der Waals surface area contributed by atoms with Gasteiger partial charge in [0.1, 0.15) is 0 Å². The highest BCUT2D eigenvalue weighted by Crippen LogP contribution is 2.26. The number of nitrogens with one attached hydrogen (secondary N) is 1. The van der Waals surface area contributed by atoms with Crippen LogP contribution in [0.1, 0.15) is 38.8 Å². The number of hydrogen-bond donors (Lipinski definition) is 1. The Labute approximate surface area is 128 Å². The molecule has 2 heteroatoms. The largest absolute Gasteiger partial charge is 0.342 e. The van der Waals surface area contributed by atoms with Gasteiger partial charge in [-0.15, -0.1) is 0 Å². The highest BCUT2D eigenvalue weighted by molar-refractivity contribution is 5.63. The fraction of sp³-hybridized carbons (Fsp3) is 0.368. The summed E-state index contributed by atoms with van der Waals surface area (Å²) in [6.45, 7) is 8.63. The van der Waals surface area contributed by atoms with Crippen molar-refractivity contribution < 1.29 is 0 Å². The van der Waals surface area contributed by atoms with Crippen LogP contribution in [0.25, 0.3) is 0 Å². The van der Waals surface area contributed by atoms with Crippen LogP contribution in [0.15, 0.2) is 54.6 Å². The highest BCUT2D eigenvalue weighted by atomic mass is 15.1. The van der Waals surface area contributed by atoms with Crippen molar-refractivity contribution in [3.63, 3.8) is 0 Å². The number of rotatable bonds is 7. The molecule has 1 unspecified atom stereocenters. The number of benzene rings is 2. The number of para-hydroxylation sites is 1. The Balaban J connectivity index is 2.13. The molecule has 1 atom stereocenters. The third kappa shape index (κ3) is 4.08. The molecule has 0 bridgehead atoms. The van der Waals surface area contributed by atoms with E-state index in [1.807, 2.05) is 0 Å². The van der Waals surface area contributed by atoms with Crippen LogP contribution in [0, 0.1) is 0 Å². The molecule has 1 N–H and O–H groups in total. The summed E-state index contributed by atoms with van der Waals surface area (Å²) in [4.78, 5) is 2.33. The van der Waals surface area contributed by atoms with Crippen LogP contribution in [0.5, 0.6) is 0 Å². The highest BCUT2D eigenvalue weighted by Gasteiger charge is 2.08. The minimum atomic E-state index is 0.408. The van der Waals surface area contributed by atoms with Crippen LogP contribution in [0.3, 0.4) is 0 Å². The summed E-state index contributed by atoms with van der Waals surface area (Å²) >= 11 is 0. The molecule has 0 radical (unpaired) electrons. The molecule has 2 rings (SSSR count). The van der Waals surface area contributed by atoms with Crippen LogP contribution in [0.4, 0.5) is 11.4 Å². The average molecular weight is 282 g/mol. The van der Waals surface area contributed by atoms with Gasteiger partial charge in [-0.3, -0.25) is 0 Å². The monoisotopic (exact) mass is 282 g/mol. The summed E-state index contributed by atoms with van der Waals surface area (Å²) in [6.07, 6.45) is 1.17. The third-order valence-corrected chi connectivity index (χ3v) is 3.79. The van der Waals surface area contributed by atoms with Gasteiger partial charge < -0.3 is 10.2 Å². The lowest BCUT2D eigenvalue weighted by Crippen LogP contribution is -2.19. The van der Waals surface area contributed by atoms with Gasteiger partial charge in [0.2, 0.25) is 0 Å². The first kappa shape index (κ1) is 15.6. The molecule has 0 aliphatic carbocycles. The lowest BCUT2D eigenvalue weighted by Gasteiger charge is -2.24. The fourth-order valence-corrected chi connectivity index (χ4v) is 2.54. The first-order valence-electron chi connectivity index (χ1n) is 7.92. The van der Waals surface area contributed by atoms with E-state index in [4.69, 9.17) is 0 Å². The number of hydrogen-bond acceptors (Lipinski definition) is 2. The standard InChI is InChI=1S/C19H26N2/c1-4-15-20-16(3)17-11-13-19(14-12-17)21(5-2)18-9-7-6-8-10-18/h6-14,16,20H,4-5,15H2,1-3H3. The molecular formula is C19H26N2. The average Bonchev–Trinajstić information content (AvgIpc) is 2.55. The van der Waals surface area contributed by atoms with Gasteiger partial charge in [0.05, 0.1) is 0 Å². The topological polar surface area (TPSA) is 15.3 Å². The molecule has 2 aromatic carbocycles. The minimum absolute atomic E-state index is 0.408. The zero-order chi connectivity index (χ0) is 15.1. The van der Waals surface area contributed by atoms with Crippen molar-refractivity contribution in [2.75, 3.05) is 18.0 Å². The Morgan fingerprint density at radius 3 is 2.10 bits per heavy atom. The maximum absolute atomic E-state index is 3.53. The first-order chi connectivity index (χ1) is 10.3. The van der Waals surface area contributed by atoms with Crippen molar-refractivity contribution in [2.45, 2.75) is 33.2 Å². The van der Waals surface area contributed by atoms with Gasteiger partial charge in [-0.1, -0.05) is 37.3 Å². The Morgan fingerprint density at radius 2 is 1.52 bits per heavy atom. The second kappa shape index (κ2) is 7.84. The zero-order valence-corrected chi connectivity index (χ0v) is 13.3. The lowest BCUT2D eigenvalue weighted by molar-refractivity contribution is 0.571. The summed E-state index contributed by atoms with van der Waals surface area (Å²) < 4.78 is 0. The smallest absolute Gasteiger partial charge is 0.0410 e. The quantitative estimate of drug-likeness (QED) is 0.776. The Hall–Kier alpha value is -1.80. The van der Waals surface area contributed by atoms with E-state index in [1.165, 1.54) is 23.4 Å². The second-order valence-corrected chi connectivity index (χ2v) is 5.35. The molecular weight excluding hydrogens is 256 g/mol. The maximum atomic E-state index is 3.53. The van der Waals surface area contributed by atoms with Crippen LogP contribution < -0.4 is 10.2 Å². The summed E-state index contributed by atoms with van der Waals surface area (Å²) in [6, 6.07) is 19.8. The van der Waals surface area contributed by atoms with Gasteiger partial charge in [0.15, 0.2) is 0 Å². The summed E-state index contributed by atoms with van der Waals surface area (Å²) in [5.41, 5.74) is 3.83. The fourth-order valence-electron chi connectivity index (χ4n) is 2.54. The number of nitrogens with zero attached hydrogens (tertiary/aromatic N) is 1. The Morgan fingerprint density at radius 1 is 0.905 bits per heavy atom. The molecule has 0 spiro atoms. The molecule has 2 aromatic rings. The molecule has 21 heavy (non-hydrogen) atoms. The maximum Gasteiger partial charge on any atom is 0.0410 e. The third-order valence-electron chi connectivity index (χ3n) is 3.79. The van der Waals surface area contributed by atoms with Crippen molar-refractivity contribution in [3.05, 3.63) is 60.2 Å². The van der Waals surface area contributed by atoms with Crippen LogP contribution in [-0.4, -0.2) is 13.1 Å². The van der Waals surface area contributed by atoms with E-state index in [1.54, 1.807) is 0 Å². The predicted molar refractivity (Wildman–Crippen MR) is 92.3 cm³/mol. The second-order valence-electron chi connectivity index (χ2n) is 5.35. The zero-order valence-electron chi connectivity index (χ0n) is 13.3. The Bertz CT molecular complexity index is 519. The first-order valence-corrected chi connectivity index (χ1v) is 7.92. The van der Waals surface area contributed by atoms with Gasteiger partial charge in [-0.2, -0.15) is 0 Å². The molecule has 0 fully saturated rings. The van der Waals surface area contributed by atoms with Crippen LogP contribution >= 0.6 is 0 Å². The summed E-state index contributed by atoms with van der Waals surface area (Å²) in [5.74, 6) is 0. The predicted octanol–water partition coefficient (Wildman–Crippen LogP) is 4.91. The minimum Gasteiger partial charge on any atom is -0.342 e. The van der Waals surface area contributed by atoms with Gasteiger partial charge in [-0.05, 0) is 56.6 Å². The van der Waals surface area contributed by atoms with Gasteiger partial charge >= 0.3 is 0 Å². The van der Waals surface area contributed by atoms with E-state index < -0.39 is 0 Å². The molecule has 0 heterocycles. The van der Waals surface area contributed by atoms with Crippen molar-refractivity contribution in [1.29, 1.82) is 0 Å². The van der Waals surface area contributed by atoms with Crippen molar-refractivity contribution in [2.24, 2.45) is 0 Å². The molecule has 0 aliphatic heterocycles. The molecule has 0 amide bonds. The van der Waals surface area contributed by atoms with E-state index in [-0.39, 0.29) is 0 Å². The van der Waals surface area contributed by atoms with Crippen molar-refractivity contribution in [3.8, 4) is 0 Å². The lowest BCUT2D eigenvalue weighted by atomic mass is 10.1. The van der Waals surface area contributed by atoms with E-state index in [2.05, 4.69) is 85.6 Å². The van der Waals surface area contributed by atoms with Crippen molar-refractivity contribution in [1.82, 2.24) is 5.32 Å². The SMILES string of the molecule is CCCNC(C)c1ccc(N(CC)c2ccccc2)cc1. The number of anilines is 2. The van der Waals surface area contributed by atoms with Gasteiger partial charge in [0, 0.05) is 24.0 Å². The van der Waals surface area contributed by atoms with E-state index in [0.717, 1.165) is 13.1 Å². The molecule has 112 valence electrons. The summed E-state index contributed by atoms with van der Waals surface area (Å²) in [5, 5.41) is 3.53. The van der Waals surface area contributed by atoms with Gasteiger partial charge in [0.25, 0.3) is 0 Å². The molecule has 0 saturated heterocycles. The van der Waals surface area contributed by atoms with Gasteiger partial charge in [-0.25, -0.2) is 0 Å². The van der Waals surface area contributed by atoms with Crippen molar-refractivity contribution >= 4 is 11.4 Å². The normalized spacial score (nSPS) is 12.1. The van der Waals surface area contributed by atoms with Crippen LogP contribution in [0.2, 0.25) is 0 Å². The van der Waals surface area contributed by atoms with Crippen LogP contribution in [-0.2, 0) is 0 Å². The molecule has 0 aromatic heterocycles. The summed E-state index contributed by atoms with van der Waals surface area (Å²) in [7, 11) is 0.